The summed E-state index contributed by atoms with van der Waals surface area (Å²) in [6, 6.07) is 11.9. The summed E-state index contributed by atoms with van der Waals surface area (Å²) in [5, 5.41) is 5.68. The molecule has 0 aromatic heterocycles. The number of amides is 4. The molecule has 4 amide bonds. The zero-order valence-electron chi connectivity index (χ0n) is 24.8. The number of nitrogens with zero attached hydrogens (tertiary/aromatic N) is 2. The molecule has 2 N–H and O–H groups in total. The Hall–Kier alpha value is -3.95. The number of piperidine rings is 2. The molecule has 226 valence electrons. The Morgan fingerprint density at radius 3 is 2.40 bits per heavy atom. The number of ether oxygens (including phenoxy) is 1. The molecule has 2 aliphatic rings. The van der Waals surface area contributed by atoms with Crippen LogP contribution in [0.2, 0.25) is 0 Å². The maximum Gasteiger partial charge on any atom is 0.410 e. The summed E-state index contributed by atoms with van der Waals surface area (Å²) in [7, 11) is 0. The predicted octanol–water partition coefficient (Wildman–Crippen LogP) is 5.26. The Kier molecular flexibility index (Phi) is 9.85. The zero-order chi connectivity index (χ0) is 30.4. The number of urea groups is 1. The highest BCUT2D eigenvalue weighted by atomic mass is 19.1. The molecule has 2 saturated heterocycles. The Bertz CT molecular complexity index is 1290. The van der Waals surface area contributed by atoms with Crippen molar-refractivity contribution in [1.29, 1.82) is 0 Å². The molecule has 2 aliphatic heterocycles. The summed E-state index contributed by atoms with van der Waals surface area (Å²) in [5.41, 5.74) is 1.27. The number of Topliss-reactive ketones (excluding diaryl/α,β-unsaturated/α-hetero) is 1. The summed E-state index contributed by atoms with van der Waals surface area (Å²) in [6.07, 6.45) is 2.47. The fraction of sp³-hybridized carbons (Fsp3) is 0.500. The van der Waals surface area contributed by atoms with Crippen molar-refractivity contribution < 1.29 is 28.3 Å². The highest BCUT2D eigenvalue weighted by Crippen LogP contribution is 2.27. The van der Waals surface area contributed by atoms with Gasteiger partial charge in [-0.15, -0.1) is 0 Å². The highest BCUT2D eigenvalue weighted by Gasteiger charge is 2.40. The second-order valence-corrected chi connectivity index (χ2v) is 12.3. The molecule has 0 unspecified atom stereocenters. The molecule has 2 aromatic carbocycles. The molecule has 0 saturated carbocycles. The fourth-order valence-electron chi connectivity index (χ4n) is 5.66. The minimum atomic E-state index is -0.681. The van der Waals surface area contributed by atoms with Gasteiger partial charge in [0.15, 0.2) is 5.78 Å². The van der Waals surface area contributed by atoms with Crippen LogP contribution in [0.3, 0.4) is 0 Å². The van der Waals surface area contributed by atoms with Gasteiger partial charge in [-0.25, -0.2) is 14.0 Å². The van der Waals surface area contributed by atoms with Crippen molar-refractivity contribution in [2.24, 2.45) is 11.8 Å². The van der Waals surface area contributed by atoms with Gasteiger partial charge < -0.3 is 25.2 Å². The van der Waals surface area contributed by atoms with Gasteiger partial charge in [0.2, 0.25) is 5.91 Å². The van der Waals surface area contributed by atoms with Gasteiger partial charge in [-0.3, -0.25) is 9.59 Å². The van der Waals surface area contributed by atoms with E-state index in [9.17, 15) is 23.6 Å². The smallest absolute Gasteiger partial charge is 0.410 e. The third kappa shape index (κ3) is 8.53. The Morgan fingerprint density at radius 1 is 0.976 bits per heavy atom. The minimum Gasteiger partial charge on any atom is -0.444 e. The summed E-state index contributed by atoms with van der Waals surface area (Å²) in [6.45, 7) is 8.49. The van der Waals surface area contributed by atoms with Crippen LogP contribution in [0.1, 0.15) is 62.9 Å². The number of nitrogens with one attached hydrogen (secondary N) is 2. The van der Waals surface area contributed by atoms with Crippen molar-refractivity contribution in [2.75, 3.05) is 31.5 Å². The van der Waals surface area contributed by atoms with Crippen molar-refractivity contribution in [3.05, 3.63) is 65.5 Å². The van der Waals surface area contributed by atoms with E-state index in [0.29, 0.717) is 37.3 Å². The molecule has 42 heavy (non-hydrogen) atoms. The van der Waals surface area contributed by atoms with Gasteiger partial charge in [0.1, 0.15) is 11.4 Å². The number of ketones is 1. The highest BCUT2D eigenvalue weighted by molar-refractivity contribution is 5.97. The van der Waals surface area contributed by atoms with E-state index in [1.807, 2.05) is 4.90 Å². The molecule has 0 aliphatic carbocycles. The van der Waals surface area contributed by atoms with Crippen LogP contribution in [0.25, 0.3) is 0 Å². The molecule has 2 aromatic rings. The second-order valence-electron chi connectivity index (χ2n) is 12.3. The molecule has 10 heteroatoms. The topological polar surface area (TPSA) is 108 Å². The SMILES string of the molecule is CC(=O)c1cccc(NC(=O)N[C@H]2CN(C(=O)OC(C)(C)C)CC[C@@H]2C(=O)N2CCC[C@@H](Cc3ccc(F)cc3)C2)c1. The Balaban J connectivity index is 1.46. The number of carbonyl (C=O) groups excluding carboxylic acids is 4. The molecule has 9 nitrogen and oxygen atoms in total. The van der Waals surface area contributed by atoms with Gasteiger partial charge in [0, 0.05) is 37.4 Å². The van der Waals surface area contributed by atoms with Crippen LogP contribution in [0.15, 0.2) is 48.5 Å². The largest absolute Gasteiger partial charge is 0.444 e. The van der Waals surface area contributed by atoms with Gasteiger partial charge in [-0.1, -0.05) is 24.3 Å². The van der Waals surface area contributed by atoms with E-state index in [2.05, 4.69) is 10.6 Å². The number of rotatable bonds is 6. The maximum absolute atomic E-state index is 13.9. The normalized spacial score (nSPS) is 20.9. The third-order valence-electron chi connectivity index (χ3n) is 7.69. The predicted molar refractivity (Wildman–Crippen MR) is 158 cm³/mol. The van der Waals surface area contributed by atoms with E-state index in [4.69, 9.17) is 4.74 Å². The summed E-state index contributed by atoms with van der Waals surface area (Å²) < 4.78 is 18.9. The van der Waals surface area contributed by atoms with Gasteiger partial charge in [0.25, 0.3) is 0 Å². The lowest BCUT2D eigenvalue weighted by molar-refractivity contribution is -0.139. The van der Waals surface area contributed by atoms with Crippen LogP contribution >= 0.6 is 0 Å². The molecule has 3 atom stereocenters. The van der Waals surface area contributed by atoms with Crippen LogP contribution < -0.4 is 10.6 Å². The third-order valence-corrected chi connectivity index (χ3v) is 7.69. The summed E-state index contributed by atoms with van der Waals surface area (Å²) >= 11 is 0. The average Bonchev–Trinajstić information content (AvgIpc) is 2.93. The summed E-state index contributed by atoms with van der Waals surface area (Å²) in [4.78, 5) is 55.1. The zero-order valence-corrected chi connectivity index (χ0v) is 24.8. The lowest BCUT2D eigenvalue weighted by atomic mass is 9.87. The van der Waals surface area contributed by atoms with Crippen molar-refractivity contribution in [1.82, 2.24) is 15.1 Å². The van der Waals surface area contributed by atoms with E-state index < -0.39 is 29.7 Å². The molecule has 2 fully saturated rings. The van der Waals surface area contributed by atoms with Crippen molar-refractivity contribution in [3.63, 3.8) is 0 Å². The number of carbonyl (C=O) groups is 4. The molecule has 0 bridgehead atoms. The van der Waals surface area contributed by atoms with Crippen molar-refractivity contribution in [2.45, 2.75) is 65.0 Å². The van der Waals surface area contributed by atoms with E-state index in [-0.39, 0.29) is 30.0 Å². The molecule has 2 heterocycles. The minimum absolute atomic E-state index is 0.0495. The van der Waals surface area contributed by atoms with Gasteiger partial charge in [0.05, 0.1) is 12.0 Å². The number of hydrogen-bond donors (Lipinski definition) is 2. The van der Waals surface area contributed by atoms with Crippen LogP contribution in [-0.2, 0) is 16.0 Å². The first-order valence-corrected chi connectivity index (χ1v) is 14.6. The monoisotopic (exact) mass is 580 g/mol. The van der Waals surface area contributed by atoms with Crippen LogP contribution in [0.4, 0.5) is 19.7 Å². The van der Waals surface area contributed by atoms with E-state index in [0.717, 1.165) is 24.8 Å². The number of hydrogen-bond acceptors (Lipinski definition) is 5. The van der Waals surface area contributed by atoms with Gasteiger partial charge in [-0.05, 0) is 89.1 Å². The van der Waals surface area contributed by atoms with Crippen molar-refractivity contribution in [3.8, 4) is 0 Å². The molecular weight excluding hydrogens is 539 g/mol. The molecule has 0 radical (unpaired) electrons. The second kappa shape index (κ2) is 13.4. The number of likely N-dealkylation sites (tertiary alicyclic amines) is 2. The number of anilines is 1. The van der Waals surface area contributed by atoms with E-state index in [1.165, 1.54) is 24.0 Å². The van der Waals surface area contributed by atoms with E-state index >= 15 is 0 Å². The number of benzene rings is 2. The summed E-state index contributed by atoms with van der Waals surface area (Å²) in [5.74, 6) is -0.720. The Labute approximate surface area is 246 Å². The van der Waals surface area contributed by atoms with Gasteiger partial charge >= 0.3 is 12.1 Å². The first-order chi connectivity index (χ1) is 19.9. The lowest BCUT2D eigenvalue weighted by Gasteiger charge is -2.42. The van der Waals surface area contributed by atoms with E-state index in [1.54, 1.807) is 57.2 Å². The van der Waals surface area contributed by atoms with Crippen LogP contribution in [0, 0.1) is 17.7 Å². The fourth-order valence-corrected chi connectivity index (χ4v) is 5.66. The quantitative estimate of drug-likeness (QED) is 0.454. The van der Waals surface area contributed by atoms with Gasteiger partial charge in [-0.2, -0.15) is 0 Å². The molecular formula is C32H41FN4O5. The molecule has 0 spiro atoms. The first kappa shape index (κ1) is 31.0. The number of halogens is 1. The standard InChI is InChI=1S/C32H41FN4O5/c1-21(38)24-8-5-9-26(18-24)34-30(40)35-28-20-37(31(41)42-32(2,3)4)16-14-27(28)29(39)36-15-6-7-23(19-36)17-22-10-12-25(33)13-11-22/h5,8-13,18,23,27-28H,6-7,14-17,19-20H2,1-4H3,(H2,34,35,40)/t23-,27-,28-/m0/s1. The average molecular weight is 581 g/mol. The maximum atomic E-state index is 13.9. The first-order valence-electron chi connectivity index (χ1n) is 14.6. The molecule has 4 rings (SSSR count). The van der Waals surface area contributed by atoms with Crippen molar-refractivity contribution >= 4 is 29.5 Å². The Morgan fingerprint density at radius 2 is 1.71 bits per heavy atom. The van der Waals surface area contributed by atoms with Crippen LogP contribution in [0.5, 0.6) is 0 Å². The lowest BCUT2D eigenvalue weighted by Crippen LogP contribution is -2.59. The van der Waals surface area contributed by atoms with Crippen LogP contribution in [-0.4, -0.2) is 71.4 Å².